The number of aromatic nitrogens is 2. The number of rotatable bonds is 0. The van der Waals surface area contributed by atoms with Gasteiger partial charge < -0.3 is 19.9 Å². The first kappa shape index (κ1) is 15.1. The molecule has 0 saturated carbocycles. The van der Waals surface area contributed by atoms with Gasteiger partial charge in [0.15, 0.2) is 0 Å². The molecule has 0 bridgehead atoms. The Morgan fingerprint density at radius 3 is 1.29 bits per heavy atom. The van der Waals surface area contributed by atoms with E-state index in [1.807, 2.05) is 0 Å². The first-order valence-electron chi connectivity index (χ1n) is 4.31. The topological polar surface area (TPSA) is 90.1 Å². The Kier molecular flexibility index (Phi) is 6.59. The van der Waals surface area contributed by atoms with Gasteiger partial charge in [0.1, 0.15) is 0 Å². The zero-order valence-corrected chi connectivity index (χ0v) is 11.8. The smallest absolute Gasteiger partial charge is 0.803 e. The van der Waals surface area contributed by atoms with Crippen molar-refractivity contribution in [1.82, 2.24) is 9.46 Å². The molecular weight excluding hydrogens is 278 g/mol. The van der Waals surface area contributed by atoms with Crippen molar-refractivity contribution >= 4 is 0 Å². The molecule has 0 amide bonds. The van der Waals surface area contributed by atoms with E-state index in [1.54, 1.807) is 0 Å². The number of hydrogen-bond acceptors (Lipinski definition) is 4. The average molecular weight is 286 g/mol. The molecule has 7 heteroatoms. The van der Waals surface area contributed by atoms with Crippen LogP contribution in [0.5, 0.6) is 0 Å². The van der Waals surface area contributed by atoms with Crippen LogP contribution in [0.15, 0.2) is 58.4 Å². The van der Waals surface area contributed by atoms with Gasteiger partial charge >= 0.3 is 19.5 Å². The zero-order valence-electron chi connectivity index (χ0n) is 8.85. The zero-order chi connectivity index (χ0) is 12.0. The summed E-state index contributed by atoms with van der Waals surface area (Å²) in [4.78, 5) is 20.5. The van der Waals surface area contributed by atoms with Gasteiger partial charge in [-0.1, -0.05) is 12.1 Å². The van der Waals surface area contributed by atoms with Crippen molar-refractivity contribution in [2.45, 2.75) is 0 Å². The van der Waals surface area contributed by atoms with E-state index in [1.165, 1.54) is 48.8 Å². The van der Waals surface area contributed by atoms with Crippen LogP contribution in [0.1, 0.15) is 0 Å². The normalized spacial score (nSPS) is 8.47. The van der Waals surface area contributed by atoms with Crippen LogP contribution in [-0.4, -0.2) is 9.46 Å². The number of nitrogens with zero attached hydrogens (tertiary/aromatic N) is 2. The van der Waals surface area contributed by atoms with Crippen LogP contribution in [0.2, 0.25) is 0 Å². The van der Waals surface area contributed by atoms with Gasteiger partial charge in [-0.25, -0.2) is 0 Å². The van der Waals surface area contributed by atoms with Gasteiger partial charge in [-0.05, 0) is 12.1 Å². The minimum atomic E-state index is -0.521. The summed E-state index contributed by atoms with van der Waals surface area (Å²) in [7, 11) is 0. The fourth-order valence-corrected chi connectivity index (χ4v) is 0.825. The summed E-state index contributed by atoms with van der Waals surface area (Å²) in [6.07, 6.45) is 2.34. The molecule has 0 aromatic carbocycles. The molecule has 0 aliphatic carbocycles. The van der Waals surface area contributed by atoms with Crippen LogP contribution in [-0.2, 0) is 19.5 Å². The van der Waals surface area contributed by atoms with Crippen molar-refractivity contribution < 1.29 is 19.5 Å². The molecule has 2 heterocycles. The van der Waals surface area contributed by atoms with E-state index in [9.17, 15) is 20.0 Å². The fourth-order valence-electron chi connectivity index (χ4n) is 0.825. The Bertz CT molecular complexity index is 513. The molecule has 0 atom stereocenters. The van der Waals surface area contributed by atoms with Crippen molar-refractivity contribution in [2.24, 2.45) is 0 Å². The monoisotopic (exact) mass is 284 g/mol. The van der Waals surface area contributed by atoms with E-state index in [2.05, 4.69) is 0 Å². The van der Waals surface area contributed by atoms with Crippen molar-refractivity contribution in [3.05, 3.63) is 79.9 Å². The largest absolute Gasteiger partial charge is 2.00 e. The van der Waals surface area contributed by atoms with Crippen molar-refractivity contribution in [1.29, 1.82) is 0 Å². The first-order valence-corrected chi connectivity index (χ1v) is 4.31. The average Bonchev–Trinajstić information content (AvgIpc) is 2.28. The van der Waals surface area contributed by atoms with Gasteiger partial charge in [0.05, 0.1) is 0 Å². The summed E-state index contributed by atoms with van der Waals surface area (Å²) in [5, 5.41) is 20.4. The molecule has 6 nitrogen and oxygen atoms in total. The summed E-state index contributed by atoms with van der Waals surface area (Å²) >= 11 is 0. The molecule has 17 heavy (non-hydrogen) atoms. The molecule has 0 radical (unpaired) electrons. The SMILES string of the molecule is O=c1ccccn1[O-].O=c1ccccn1[O-].[Zn+2]. The van der Waals surface area contributed by atoms with Crippen LogP contribution >= 0.6 is 0 Å². The van der Waals surface area contributed by atoms with E-state index >= 15 is 0 Å². The quantitative estimate of drug-likeness (QED) is 0.655. The Hall–Kier alpha value is -1.88. The van der Waals surface area contributed by atoms with E-state index in [0.717, 1.165) is 0 Å². The van der Waals surface area contributed by atoms with Crippen LogP contribution < -0.4 is 11.1 Å². The van der Waals surface area contributed by atoms with Crippen LogP contribution in [0.25, 0.3) is 0 Å². The third-order valence-corrected chi connectivity index (χ3v) is 1.58. The summed E-state index contributed by atoms with van der Waals surface area (Å²) in [5.41, 5.74) is -1.04. The molecule has 2 rings (SSSR count). The predicted molar refractivity (Wildman–Crippen MR) is 58.9 cm³/mol. The van der Waals surface area contributed by atoms with E-state index in [0.29, 0.717) is 0 Å². The van der Waals surface area contributed by atoms with Crippen molar-refractivity contribution in [3.8, 4) is 0 Å². The molecular formula is C10H8N2O4Zn. The van der Waals surface area contributed by atoms with Gasteiger partial charge in [-0.3, -0.25) is 9.59 Å². The maximum absolute atomic E-state index is 10.3. The molecule has 0 unspecified atom stereocenters. The Morgan fingerprint density at radius 2 is 1.12 bits per heavy atom. The third-order valence-electron chi connectivity index (χ3n) is 1.58. The maximum Gasteiger partial charge on any atom is 2.00 e. The molecule has 0 saturated heterocycles. The number of pyridine rings is 2. The second-order valence-electron chi connectivity index (χ2n) is 2.73. The second kappa shape index (κ2) is 7.41. The summed E-state index contributed by atoms with van der Waals surface area (Å²) in [6, 6.07) is 8.50. The van der Waals surface area contributed by atoms with Gasteiger partial charge in [-0.2, -0.15) is 0 Å². The van der Waals surface area contributed by atoms with Gasteiger partial charge in [0.25, 0.3) is 0 Å². The predicted octanol–water partition coefficient (Wildman–Crippen LogP) is 0.386. The molecule has 2 aromatic heterocycles. The summed E-state index contributed by atoms with van der Waals surface area (Å²) < 4.78 is 0.556. The minimum absolute atomic E-state index is 0. The van der Waals surface area contributed by atoms with Gasteiger partial charge in [0.2, 0.25) is 11.1 Å². The molecule has 2 aromatic rings. The van der Waals surface area contributed by atoms with Crippen LogP contribution in [0.4, 0.5) is 0 Å². The van der Waals surface area contributed by atoms with Gasteiger partial charge in [0, 0.05) is 24.5 Å². The standard InChI is InChI=1S/2C5H4NO2.Zn/c2*7-5-3-1-2-4-6(5)8;/h2*1-4H;/q2*-1;+2. The van der Waals surface area contributed by atoms with E-state index in [4.69, 9.17) is 0 Å². The van der Waals surface area contributed by atoms with E-state index in [-0.39, 0.29) is 28.9 Å². The Morgan fingerprint density at radius 1 is 0.765 bits per heavy atom. The fraction of sp³-hybridized carbons (Fsp3) is 0. The van der Waals surface area contributed by atoms with Crippen molar-refractivity contribution in [2.75, 3.05) is 0 Å². The second-order valence-corrected chi connectivity index (χ2v) is 2.73. The van der Waals surface area contributed by atoms with Crippen LogP contribution in [0, 0.1) is 10.4 Å². The Labute approximate surface area is 109 Å². The van der Waals surface area contributed by atoms with Crippen molar-refractivity contribution in [3.63, 3.8) is 0 Å². The Balaban J connectivity index is 0.000000284. The van der Waals surface area contributed by atoms with E-state index < -0.39 is 11.1 Å². The first-order chi connectivity index (χ1) is 7.61. The summed E-state index contributed by atoms with van der Waals surface area (Å²) in [5.74, 6) is 0. The molecule has 84 valence electrons. The van der Waals surface area contributed by atoms with Gasteiger partial charge in [-0.15, -0.1) is 0 Å². The molecule has 0 N–H and O–H groups in total. The molecule has 0 fully saturated rings. The summed E-state index contributed by atoms with van der Waals surface area (Å²) in [6.45, 7) is 0. The molecule has 0 aliphatic heterocycles. The minimum Gasteiger partial charge on any atom is -0.803 e. The maximum atomic E-state index is 10.3. The van der Waals surface area contributed by atoms with Crippen LogP contribution in [0.3, 0.4) is 0 Å². The molecule has 0 spiro atoms. The number of hydrogen-bond donors (Lipinski definition) is 0. The third kappa shape index (κ3) is 5.13. The molecule has 0 aliphatic rings.